The molecule has 4 aromatic rings. The number of aromatic nitrogens is 1. The van der Waals surface area contributed by atoms with E-state index in [0.29, 0.717) is 28.4 Å². The van der Waals surface area contributed by atoms with Crippen molar-refractivity contribution < 1.29 is 24.2 Å². The number of aliphatic hydroxyl groups excluding tert-OH is 1. The molecule has 1 amide bonds. The van der Waals surface area contributed by atoms with Gasteiger partial charge in [0.15, 0.2) is 5.13 Å². The molecule has 0 aliphatic carbocycles. The van der Waals surface area contributed by atoms with E-state index < -0.39 is 17.7 Å². The number of amides is 1. The minimum atomic E-state index is -0.855. The van der Waals surface area contributed by atoms with E-state index in [9.17, 15) is 14.7 Å². The average Bonchev–Trinajstić information content (AvgIpc) is 3.56. The number of anilines is 1. The fourth-order valence-electron chi connectivity index (χ4n) is 5.32. The van der Waals surface area contributed by atoms with Crippen molar-refractivity contribution in [3.63, 3.8) is 0 Å². The van der Waals surface area contributed by atoms with Crippen LogP contribution in [-0.2, 0) is 16.0 Å². The SMILES string of the molecule is COc1ccc(C2/C(=C(/O)c3ccc4c(c3)CC(C)O4)C(=O)C(=O)N2c2nc3c(C)cc(C)cc3s2)cc1. The quantitative estimate of drug-likeness (QED) is 0.203. The Bertz CT molecular complexity index is 1650. The molecular formula is C30H26N2O5S. The maximum Gasteiger partial charge on any atom is 0.301 e. The first kappa shape index (κ1) is 24.2. The summed E-state index contributed by atoms with van der Waals surface area (Å²) in [5, 5.41) is 11.9. The largest absolute Gasteiger partial charge is 0.507 e. The number of nitrogens with zero attached hydrogens (tertiary/aromatic N) is 2. The smallest absolute Gasteiger partial charge is 0.301 e. The first-order valence-electron chi connectivity index (χ1n) is 12.4. The summed E-state index contributed by atoms with van der Waals surface area (Å²) in [6.07, 6.45) is 0.746. The Morgan fingerprint density at radius 2 is 1.87 bits per heavy atom. The van der Waals surface area contributed by atoms with Crippen LogP contribution in [0.25, 0.3) is 16.0 Å². The number of rotatable bonds is 4. The van der Waals surface area contributed by atoms with Crippen LogP contribution in [0.1, 0.15) is 40.8 Å². The third-order valence-electron chi connectivity index (χ3n) is 7.07. The van der Waals surface area contributed by atoms with Gasteiger partial charge in [-0.05, 0) is 79.4 Å². The zero-order chi connectivity index (χ0) is 26.7. The van der Waals surface area contributed by atoms with Gasteiger partial charge in [0.25, 0.3) is 5.78 Å². The number of hydrogen-bond donors (Lipinski definition) is 1. The minimum absolute atomic E-state index is 0.0271. The molecule has 2 atom stereocenters. The summed E-state index contributed by atoms with van der Waals surface area (Å²) < 4.78 is 12.0. The summed E-state index contributed by atoms with van der Waals surface area (Å²) >= 11 is 1.36. The van der Waals surface area contributed by atoms with Gasteiger partial charge in [-0.15, -0.1) is 0 Å². The minimum Gasteiger partial charge on any atom is -0.507 e. The highest BCUT2D eigenvalue weighted by Crippen LogP contribution is 2.45. The Balaban J connectivity index is 1.54. The molecule has 192 valence electrons. The average molecular weight is 527 g/mol. The lowest BCUT2D eigenvalue weighted by Crippen LogP contribution is -2.29. The molecule has 38 heavy (non-hydrogen) atoms. The Morgan fingerprint density at radius 3 is 2.61 bits per heavy atom. The number of ether oxygens (including phenoxy) is 2. The number of aliphatic hydroxyl groups is 1. The Morgan fingerprint density at radius 1 is 1.11 bits per heavy atom. The van der Waals surface area contributed by atoms with Gasteiger partial charge < -0.3 is 14.6 Å². The number of ketones is 1. The van der Waals surface area contributed by atoms with Crippen LogP contribution in [0.15, 0.2) is 60.2 Å². The van der Waals surface area contributed by atoms with E-state index in [-0.39, 0.29) is 17.4 Å². The highest BCUT2D eigenvalue weighted by atomic mass is 32.1. The van der Waals surface area contributed by atoms with Crippen molar-refractivity contribution in [1.82, 2.24) is 4.98 Å². The second-order valence-corrected chi connectivity index (χ2v) is 10.8. The number of aryl methyl sites for hydroxylation is 2. The maximum atomic E-state index is 13.6. The van der Waals surface area contributed by atoms with Crippen molar-refractivity contribution in [2.75, 3.05) is 12.0 Å². The molecule has 0 spiro atoms. The number of fused-ring (bicyclic) bond motifs is 2. The third-order valence-corrected chi connectivity index (χ3v) is 8.07. The molecule has 8 heteroatoms. The van der Waals surface area contributed by atoms with Crippen molar-refractivity contribution in [3.05, 3.63) is 88.0 Å². The van der Waals surface area contributed by atoms with Crippen LogP contribution in [0.2, 0.25) is 0 Å². The van der Waals surface area contributed by atoms with Crippen LogP contribution in [0.3, 0.4) is 0 Å². The van der Waals surface area contributed by atoms with E-state index in [2.05, 4.69) is 0 Å². The van der Waals surface area contributed by atoms with Crippen LogP contribution < -0.4 is 14.4 Å². The lowest BCUT2D eigenvalue weighted by Gasteiger charge is -2.23. The molecule has 3 heterocycles. The van der Waals surface area contributed by atoms with E-state index in [1.165, 1.54) is 16.2 Å². The number of carbonyl (C=O) groups excluding carboxylic acids is 2. The van der Waals surface area contributed by atoms with Gasteiger partial charge in [0.05, 0.1) is 28.9 Å². The highest BCUT2D eigenvalue weighted by molar-refractivity contribution is 7.22. The molecule has 3 aromatic carbocycles. The molecule has 2 aliphatic heterocycles. The number of Topliss-reactive ketones (excluding diaryl/α,β-unsaturated/α-hetero) is 1. The first-order valence-corrected chi connectivity index (χ1v) is 13.2. The van der Waals surface area contributed by atoms with Gasteiger partial charge in [-0.2, -0.15) is 0 Å². The lowest BCUT2D eigenvalue weighted by molar-refractivity contribution is -0.132. The van der Waals surface area contributed by atoms with Crippen molar-refractivity contribution in [2.45, 2.75) is 39.3 Å². The van der Waals surface area contributed by atoms with Crippen LogP contribution in [0.4, 0.5) is 5.13 Å². The van der Waals surface area contributed by atoms with Gasteiger partial charge >= 0.3 is 5.91 Å². The molecule has 2 unspecified atom stereocenters. The molecule has 1 saturated heterocycles. The van der Waals surface area contributed by atoms with E-state index in [0.717, 1.165) is 32.7 Å². The van der Waals surface area contributed by atoms with Gasteiger partial charge in [-0.3, -0.25) is 14.5 Å². The molecular weight excluding hydrogens is 500 g/mol. The number of thiazole rings is 1. The zero-order valence-electron chi connectivity index (χ0n) is 21.4. The van der Waals surface area contributed by atoms with Gasteiger partial charge in [0, 0.05) is 12.0 Å². The summed E-state index contributed by atoms with van der Waals surface area (Å²) in [6.45, 7) is 5.97. The molecule has 1 aromatic heterocycles. The number of hydrogen-bond acceptors (Lipinski definition) is 7. The van der Waals surface area contributed by atoms with Gasteiger partial charge in [0.1, 0.15) is 23.4 Å². The fourth-order valence-corrected chi connectivity index (χ4v) is 6.49. The summed E-state index contributed by atoms with van der Waals surface area (Å²) in [7, 11) is 1.57. The molecule has 1 fully saturated rings. The van der Waals surface area contributed by atoms with E-state index in [1.54, 1.807) is 43.5 Å². The molecule has 2 aliphatic rings. The van der Waals surface area contributed by atoms with Crippen molar-refractivity contribution in [1.29, 1.82) is 0 Å². The van der Waals surface area contributed by atoms with Gasteiger partial charge in [-0.1, -0.05) is 29.5 Å². The standard InChI is InChI=1S/C30H26N2O5S/c1-15-11-16(2)25-23(12-15)38-30(31-25)32-26(18-5-8-21(36-4)9-6-18)24(28(34)29(32)35)27(33)19-7-10-22-20(14-19)13-17(3)37-22/h5-12,14,17,26,33H,13H2,1-4H3/b27-24-. The number of benzene rings is 3. The topological polar surface area (TPSA) is 89.0 Å². The number of carbonyl (C=O) groups is 2. The van der Waals surface area contributed by atoms with Crippen LogP contribution in [0.5, 0.6) is 11.5 Å². The summed E-state index contributed by atoms with van der Waals surface area (Å²) in [6, 6.07) is 15.7. The summed E-state index contributed by atoms with van der Waals surface area (Å²) in [5.41, 5.74) is 4.99. The maximum absolute atomic E-state index is 13.6. The molecule has 7 nitrogen and oxygen atoms in total. The Kier molecular flexibility index (Phi) is 5.72. The normalized spacial score (nSPS) is 20.2. The summed E-state index contributed by atoms with van der Waals surface area (Å²) in [4.78, 5) is 33.3. The van der Waals surface area contributed by atoms with Gasteiger partial charge in [-0.25, -0.2) is 4.98 Å². The van der Waals surface area contributed by atoms with Crippen molar-refractivity contribution >= 4 is 44.1 Å². The predicted octanol–water partition coefficient (Wildman–Crippen LogP) is 5.87. The lowest BCUT2D eigenvalue weighted by atomic mass is 9.94. The van der Waals surface area contributed by atoms with Gasteiger partial charge in [0.2, 0.25) is 0 Å². The van der Waals surface area contributed by atoms with Crippen LogP contribution in [0, 0.1) is 13.8 Å². The Labute approximate surface area is 224 Å². The molecule has 0 saturated carbocycles. The van der Waals surface area contributed by atoms with Crippen molar-refractivity contribution in [2.24, 2.45) is 0 Å². The van der Waals surface area contributed by atoms with Crippen LogP contribution >= 0.6 is 11.3 Å². The molecule has 0 bridgehead atoms. The summed E-state index contributed by atoms with van der Waals surface area (Å²) in [5.74, 6) is -0.285. The Hall–Kier alpha value is -4.17. The first-order chi connectivity index (χ1) is 18.2. The monoisotopic (exact) mass is 526 g/mol. The second-order valence-electron chi connectivity index (χ2n) is 9.82. The van der Waals surface area contributed by atoms with Crippen LogP contribution in [-0.4, -0.2) is 35.0 Å². The third kappa shape index (κ3) is 3.83. The number of methoxy groups -OCH3 is 1. The van der Waals surface area contributed by atoms with E-state index >= 15 is 0 Å². The molecule has 1 N–H and O–H groups in total. The highest BCUT2D eigenvalue weighted by Gasteiger charge is 2.48. The molecule has 0 radical (unpaired) electrons. The van der Waals surface area contributed by atoms with E-state index in [4.69, 9.17) is 14.5 Å². The second kappa shape index (κ2) is 8.99. The predicted molar refractivity (Wildman–Crippen MR) is 147 cm³/mol. The van der Waals surface area contributed by atoms with Crippen molar-refractivity contribution in [3.8, 4) is 11.5 Å². The molecule has 6 rings (SSSR count). The van der Waals surface area contributed by atoms with E-state index in [1.807, 2.05) is 39.0 Å². The zero-order valence-corrected chi connectivity index (χ0v) is 22.3. The fraction of sp³-hybridized carbons (Fsp3) is 0.233.